The highest BCUT2D eigenvalue weighted by Gasteiger charge is 2.09. The van der Waals surface area contributed by atoms with Crippen LogP contribution in [0.1, 0.15) is 107 Å². The van der Waals surface area contributed by atoms with E-state index in [0.29, 0.717) is 0 Å². The molecule has 0 aromatic heterocycles. The number of aryl methyl sites for hydroxylation is 1. The number of hydrogen-bond acceptors (Lipinski definition) is 1. The molecule has 0 saturated heterocycles. The van der Waals surface area contributed by atoms with Crippen LogP contribution in [0, 0.1) is 13.8 Å². The first-order chi connectivity index (χ1) is 11.2. The monoisotopic (exact) mass is 353 g/mol. The molecule has 1 rings (SSSR count). The Morgan fingerprint density at radius 2 is 1.29 bits per heavy atom. The van der Waals surface area contributed by atoms with Crippen molar-refractivity contribution in [2.45, 2.75) is 104 Å². The third-order valence-corrected chi connectivity index (χ3v) is 5.16. The second kappa shape index (κ2) is 14.8. The topological polar surface area (TPSA) is 26.0 Å². The van der Waals surface area contributed by atoms with Crippen LogP contribution in [0.25, 0.3) is 0 Å². The van der Waals surface area contributed by atoms with Gasteiger partial charge in [0.1, 0.15) is 0 Å². The van der Waals surface area contributed by atoms with Crippen LogP contribution in [0.4, 0.5) is 0 Å². The van der Waals surface area contributed by atoms with Crippen molar-refractivity contribution in [3.63, 3.8) is 0 Å². The lowest BCUT2D eigenvalue weighted by molar-refractivity contribution is 0.526. The van der Waals surface area contributed by atoms with E-state index in [4.69, 9.17) is 5.73 Å². The maximum Gasteiger partial charge on any atom is 0.0297 e. The fraction of sp³-hybridized carbons (Fsp3) is 0.727. The van der Waals surface area contributed by atoms with Crippen LogP contribution < -0.4 is 5.73 Å². The van der Waals surface area contributed by atoms with E-state index >= 15 is 0 Å². The van der Waals surface area contributed by atoms with Crippen LogP contribution in [0.15, 0.2) is 18.2 Å². The minimum Gasteiger partial charge on any atom is -0.324 e. The quantitative estimate of drug-likeness (QED) is 0.366. The van der Waals surface area contributed by atoms with Crippen LogP contribution in [-0.2, 0) is 0 Å². The zero-order valence-corrected chi connectivity index (χ0v) is 17.1. The van der Waals surface area contributed by atoms with Crippen molar-refractivity contribution in [1.82, 2.24) is 0 Å². The van der Waals surface area contributed by atoms with Crippen LogP contribution in [0.3, 0.4) is 0 Å². The molecule has 1 aromatic carbocycles. The molecule has 1 nitrogen and oxygen atoms in total. The molecule has 1 atom stereocenters. The Morgan fingerprint density at radius 1 is 0.792 bits per heavy atom. The molecule has 2 heteroatoms. The summed E-state index contributed by atoms with van der Waals surface area (Å²) in [6.45, 7) is 6.66. The van der Waals surface area contributed by atoms with E-state index in [0.717, 1.165) is 6.42 Å². The summed E-state index contributed by atoms with van der Waals surface area (Å²) in [6.07, 6.45) is 16.5. The summed E-state index contributed by atoms with van der Waals surface area (Å²) >= 11 is 0. The van der Waals surface area contributed by atoms with Crippen LogP contribution in [0.2, 0.25) is 0 Å². The molecule has 24 heavy (non-hydrogen) atoms. The van der Waals surface area contributed by atoms with Gasteiger partial charge in [-0.25, -0.2) is 0 Å². The highest BCUT2D eigenvalue weighted by Crippen LogP contribution is 2.23. The van der Waals surface area contributed by atoms with E-state index in [2.05, 4.69) is 39.0 Å². The summed E-state index contributed by atoms with van der Waals surface area (Å²) in [5, 5.41) is 0. The number of halogens is 1. The van der Waals surface area contributed by atoms with Crippen molar-refractivity contribution in [2.75, 3.05) is 0 Å². The zero-order chi connectivity index (χ0) is 16.9. The highest BCUT2D eigenvalue weighted by atomic mass is 35.5. The molecule has 0 fully saturated rings. The van der Waals surface area contributed by atoms with Crippen molar-refractivity contribution in [3.8, 4) is 0 Å². The molecule has 0 bridgehead atoms. The Labute approximate surface area is 157 Å². The normalized spacial score (nSPS) is 12.0. The summed E-state index contributed by atoms with van der Waals surface area (Å²) in [6, 6.07) is 6.73. The minimum atomic E-state index is 0. The van der Waals surface area contributed by atoms with E-state index in [1.165, 1.54) is 87.3 Å². The van der Waals surface area contributed by atoms with Gasteiger partial charge in [-0.15, -0.1) is 12.4 Å². The van der Waals surface area contributed by atoms with Crippen LogP contribution in [-0.4, -0.2) is 0 Å². The molecule has 1 aromatic rings. The SMILES string of the molecule is CCCCCCCCCCCCCC(N)c1cccc(C)c1C.Cl. The maximum atomic E-state index is 6.39. The number of nitrogens with two attached hydrogens (primary N) is 1. The summed E-state index contributed by atoms with van der Waals surface area (Å²) in [5.41, 5.74) is 10.5. The molecule has 0 heterocycles. The van der Waals surface area contributed by atoms with Gasteiger partial charge in [0, 0.05) is 6.04 Å². The van der Waals surface area contributed by atoms with E-state index in [1.807, 2.05) is 0 Å². The summed E-state index contributed by atoms with van der Waals surface area (Å²) in [7, 11) is 0. The second-order valence-electron chi connectivity index (χ2n) is 7.22. The fourth-order valence-electron chi connectivity index (χ4n) is 3.36. The minimum absolute atomic E-state index is 0. The Balaban J connectivity index is 0.00000529. The maximum absolute atomic E-state index is 6.39. The van der Waals surface area contributed by atoms with Gasteiger partial charge in [-0.2, -0.15) is 0 Å². The third kappa shape index (κ3) is 9.69. The van der Waals surface area contributed by atoms with Crippen molar-refractivity contribution >= 4 is 12.4 Å². The average molecular weight is 354 g/mol. The lowest BCUT2D eigenvalue weighted by Gasteiger charge is -2.16. The van der Waals surface area contributed by atoms with Crippen molar-refractivity contribution < 1.29 is 0 Å². The molecule has 0 radical (unpaired) electrons. The van der Waals surface area contributed by atoms with Gasteiger partial charge in [0.15, 0.2) is 0 Å². The Morgan fingerprint density at radius 3 is 1.83 bits per heavy atom. The van der Waals surface area contributed by atoms with Crippen molar-refractivity contribution in [2.24, 2.45) is 5.73 Å². The molecule has 0 saturated carbocycles. The summed E-state index contributed by atoms with van der Waals surface area (Å²) < 4.78 is 0. The number of unbranched alkanes of at least 4 members (excludes halogenated alkanes) is 10. The molecule has 140 valence electrons. The van der Waals surface area contributed by atoms with E-state index < -0.39 is 0 Å². The van der Waals surface area contributed by atoms with Gasteiger partial charge in [0.05, 0.1) is 0 Å². The molecule has 1 unspecified atom stereocenters. The van der Waals surface area contributed by atoms with Crippen molar-refractivity contribution in [1.29, 1.82) is 0 Å². The first kappa shape index (κ1) is 23.5. The molecule has 0 aliphatic rings. The van der Waals surface area contributed by atoms with E-state index in [9.17, 15) is 0 Å². The molecule has 2 N–H and O–H groups in total. The van der Waals surface area contributed by atoms with Crippen molar-refractivity contribution in [3.05, 3.63) is 34.9 Å². The van der Waals surface area contributed by atoms with E-state index in [1.54, 1.807) is 0 Å². The summed E-state index contributed by atoms with van der Waals surface area (Å²) in [5.74, 6) is 0. The van der Waals surface area contributed by atoms with Gasteiger partial charge in [-0.3, -0.25) is 0 Å². The molecule has 0 amide bonds. The molecular weight excluding hydrogens is 314 g/mol. The summed E-state index contributed by atoms with van der Waals surface area (Å²) in [4.78, 5) is 0. The third-order valence-electron chi connectivity index (χ3n) is 5.16. The number of benzene rings is 1. The second-order valence-corrected chi connectivity index (χ2v) is 7.22. The van der Waals surface area contributed by atoms with Crippen LogP contribution in [0.5, 0.6) is 0 Å². The largest absolute Gasteiger partial charge is 0.324 e. The van der Waals surface area contributed by atoms with Crippen LogP contribution >= 0.6 is 12.4 Å². The predicted molar refractivity (Wildman–Crippen MR) is 111 cm³/mol. The van der Waals surface area contributed by atoms with E-state index in [-0.39, 0.29) is 18.4 Å². The number of hydrogen-bond donors (Lipinski definition) is 1. The lowest BCUT2D eigenvalue weighted by Crippen LogP contribution is -2.12. The zero-order valence-electron chi connectivity index (χ0n) is 16.3. The van der Waals surface area contributed by atoms with Gasteiger partial charge in [0.25, 0.3) is 0 Å². The molecule has 0 aliphatic carbocycles. The van der Waals surface area contributed by atoms with Gasteiger partial charge >= 0.3 is 0 Å². The standard InChI is InChI=1S/C22H39N.ClH/c1-4-5-6-7-8-9-10-11-12-13-14-18-22(23)21-17-15-16-19(2)20(21)3;/h15-17,22H,4-14,18,23H2,1-3H3;1H. The van der Waals surface area contributed by atoms with Gasteiger partial charge in [0.2, 0.25) is 0 Å². The molecular formula is C22H40ClN. The lowest BCUT2D eigenvalue weighted by atomic mass is 9.94. The van der Waals surface area contributed by atoms with Gasteiger partial charge < -0.3 is 5.73 Å². The highest BCUT2D eigenvalue weighted by molar-refractivity contribution is 5.85. The Hall–Kier alpha value is -0.530. The predicted octanol–water partition coefficient (Wildman–Crippen LogP) is 7.43. The molecule has 0 spiro atoms. The fourth-order valence-corrected chi connectivity index (χ4v) is 3.36. The number of rotatable bonds is 13. The average Bonchev–Trinajstić information content (AvgIpc) is 2.55. The first-order valence-corrected chi connectivity index (χ1v) is 9.98. The van der Waals surface area contributed by atoms with Gasteiger partial charge in [-0.1, -0.05) is 95.8 Å². The first-order valence-electron chi connectivity index (χ1n) is 9.98. The Bertz CT molecular complexity index is 416. The smallest absolute Gasteiger partial charge is 0.0297 e. The Kier molecular flexibility index (Phi) is 14.5. The molecule has 0 aliphatic heterocycles. The van der Waals surface area contributed by atoms with Gasteiger partial charge in [-0.05, 0) is 37.0 Å².